The molecule has 1 N–H and O–H groups in total. The highest BCUT2D eigenvalue weighted by Gasteiger charge is 2.22. The summed E-state index contributed by atoms with van der Waals surface area (Å²) in [6.45, 7) is 2.40. The largest absolute Gasteiger partial charge is 0.490 e. The van der Waals surface area contributed by atoms with E-state index in [-0.39, 0.29) is 18.4 Å². The van der Waals surface area contributed by atoms with Crippen molar-refractivity contribution in [2.75, 3.05) is 13.2 Å². The Morgan fingerprint density at radius 2 is 2.07 bits per heavy atom. The van der Waals surface area contributed by atoms with E-state index in [1.807, 2.05) is 12.1 Å². The van der Waals surface area contributed by atoms with Crippen molar-refractivity contribution in [1.82, 2.24) is 0 Å². The summed E-state index contributed by atoms with van der Waals surface area (Å²) < 4.78 is 17.3. The van der Waals surface area contributed by atoms with Crippen LogP contribution in [0.3, 0.4) is 0 Å². The Morgan fingerprint density at radius 3 is 2.78 bits per heavy atom. The lowest BCUT2D eigenvalue weighted by Gasteiger charge is -2.26. The number of carboxylic acids is 1. The van der Waals surface area contributed by atoms with Crippen LogP contribution in [0.5, 0.6) is 17.2 Å². The molecule has 0 saturated heterocycles. The SMILES string of the molecule is CC#C[C@@H](CC(=O)O)c1ccc(OC[C@H]2COc3cc(Cl)ccc3O2)cc1. The van der Waals surface area contributed by atoms with E-state index in [0.717, 1.165) is 5.56 Å². The summed E-state index contributed by atoms with van der Waals surface area (Å²) in [6.07, 6.45) is -0.262. The van der Waals surface area contributed by atoms with E-state index in [2.05, 4.69) is 11.8 Å². The third-order valence-electron chi connectivity index (χ3n) is 4.04. The molecule has 0 aliphatic carbocycles. The summed E-state index contributed by atoms with van der Waals surface area (Å²) in [4.78, 5) is 11.0. The van der Waals surface area contributed by atoms with Crippen LogP contribution in [0.1, 0.15) is 24.8 Å². The molecular weight excluding hydrogens is 368 g/mol. The summed E-state index contributed by atoms with van der Waals surface area (Å²) in [6, 6.07) is 12.5. The van der Waals surface area contributed by atoms with Crippen LogP contribution in [0.2, 0.25) is 5.02 Å². The average Bonchev–Trinajstić information content (AvgIpc) is 2.66. The van der Waals surface area contributed by atoms with Crippen LogP contribution in [0.15, 0.2) is 42.5 Å². The molecule has 2 aromatic carbocycles. The van der Waals surface area contributed by atoms with Crippen molar-refractivity contribution in [1.29, 1.82) is 0 Å². The van der Waals surface area contributed by atoms with Crippen LogP contribution in [0.4, 0.5) is 0 Å². The molecule has 0 radical (unpaired) electrons. The van der Waals surface area contributed by atoms with Crippen LogP contribution in [0.25, 0.3) is 0 Å². The highest BCUT2D eigenvalue weighted by Crippen LogP contribution is 2.34. The van der Waals surface area contributed by atoms with Gasteiger partial charge in [0, 0.05) is 11.1 Å². The minimum absolute atomic E-state index is 0.0300. The average molecular weight is 387 g/mol. The van der Waals surface area contributed by atoms with Gasteiger partial charge in [-0.05, 0) is 36.8 Å². The van der Waals surface area contributed by atoms with Gasteiger partial charge in [0.05, 0.1) is 12.3 Å². The van der Waals surface area contributed by atoms with Gasteiger partial charge in [0.1, 0.15) is 19.0 Å². The van der Waals surface area contributed by atoms with E-state index in [4.69, 9.17) is 30.9 Å². The maximum atomic E-state index is 11.0. The van der Waals surface area contributed by atoms with Crippen molar-refractivity contribution in [2.24, 2.45) is 0 Å². The predicted molar refractivity (Wildman–Crippen MR) is 102 cm³/mol. The van der Waals surface area contributed by atoms with E-state index in [0.29, 0.717) is 35.5 Å². The van der Waals surface area contributed by atoms with Crippen molar-refractivity contribution in [2.45, 2.75) is 25.4 Å². The standard InChI is InChI=1S/C21H19ClO5/c1-2-3-15(10-21(23)24)14-4-7-17(8-5-14)25-12-18-13-26-20-11-16(22)6-9-19(20)27-18/h4-9,11,15,18H,10,12-13H2,1H3,(H,23,24)/t15-,18-/m0/s1. The van der Waals surface area contributed by atoms with Gasteiger partial charge in [-0.2, -0.15) is 0 Å². The van der Waals surface area contributed by atoms with Gasteiger partial charge in [-0.25, -0.2) is 0 Å². The van der Waals surface area contributed by atoms with Gasteiger partial charge in [0.25, 0.3) is 0 Å². The number of carboxylic acid groups (broad SMARTS) is 1. The Bertz CT molecular complexity index is 866. The smallest absolute Gasteiger partial charge is 0.304 e. The lowest BCUT2D eigenvalue weighted by atomic mass is 9.96. The van der Waals surface area contributed by atoms with E-state index >= 15 is 0 Å². The van der Waals surface area contributed by atoms with Crippen molar-refractivity contribution < 1.29 is 24.1 Å². The maximum absolute atomic E-state index is 11.0. The second-order valence-electron chi connectivity index (χ2n) is 6.07. The second kappa shape index (κ2) is 8.70. The van der Waals surface area contributed by atoms with Crippen LogP contribution < -0.4 is 14.2 Å². The van der Waals surface area contributed by atoms with Crippen molar-refractivity contribution in [3.8, 4) is 29.1 Å². The highest BCUT2D eigenvalue weighted by atomic mass is 35.5. The quantitative estimate of drug-likeness (QED) is 0.756. The van der Waals surface area contributed by atoms with E-state index in [9.17, 15) is 4.79 Å². The Hall–Kier alpha value is -2.84. The van der Waals surface area contributed by atoms with Crippen molar-refractivity contribution in [3.63, 3.8) is 0 Å². The number of rotatable bonds is 6. The molecule has 0 spiro atoms. The maximum Gasteiger partial charge on any atom is 0.304 e. The highest BCUT2D eigenvalue weighted by molar-refractivity contribution is 6.30. The minimum Gasteiger partial charge on any atom is -0.490 e. The number of carbonyl (C=O) groups is 1. The number of benzene rings is 2. The number of hydrogen-bond acceptors (Lipinski definition) is 4. The number of halogens is 1. The third-order valence-corrected chi connectivity index (χ3v) is 4.27. The molecule has 0 fully saturated rings. The van der Waals surface area contributed by atoms with Crippen LogP contribution >= 0.6 is 11.6 Å². The minimum atomic E-state index is -0.876. The summed E-state index contributed by atoms with van der Waals surface area (Å²) in [5, 5.41) is 9.61. The molecule has 0 amide bonds. The fourth-order valence-electron chi connectivity index (χ4n) is 2.76. The Morgan fingerprint density at radius 1 is 1.30 bits per heavy atom. The van der Waals surface area contributed by atoms with Crippen LogP contribution in [-0.4, -0.2) is 30.4 Å². The van der Waals surface area contributed by atoms with Crippen molar-refractivity contribution >= 4 is 17.6 Å². The van der Waals surface area contributed by atoms with E-state index in [1.54, 1.807) is 37.3 Å². The first-order chi connectivity index (χ1) is 13.0. The Balaban J connectivity index is 1.58. The third kappa shape index (κ3) is 5.08. The Labute approximate surface area is 162 Å². The summed E-state index contributed by atoms with van der Waals surface area (Å²) in [5.41, 5.74) is 0.849. The van der Waals surface area contributed by atoms with Crippen LogP contribution in [-0.2, 0) is 4.79 Å². The molecule has 27 heavy (non-hydrogen) atoms. The van der Waals surface area contributed by atoms with Gasteiger partial charge in [-0.15, -0.1) is 5.92 Å². The summed E-state index contributed by atoms with van der Waals surface area (Å²) >= 11 is 5.94. The first-order valence-electron chi connectivity index (χ1n) is 8.51. The van der Waals surface area contributed by atoms with Gasteiger partial charge >= 0.3 is 5.97 Å². The Kier molecular flexibility index (Phi) is 6.10. The zero-order valence-electron chi connectivity index (χ0n) is 14.8. The zero-order chi connectivity index (χ0) is 19.2. The number of ether oxygens (including phenoxy) is 3. The monoisotopic (exact) mass is 386 g/mol. The van der Waals surface area contributed by atoms with Gasteiger partial charge in [-0.3, -0.25) is 4.79 Å². The first-order valence-corrected chi connectivity index (χ1v) is 8.89. The molecule has 0 saturated carbocycles. The molecule has 0 bridgehead atoms. The molecule has 1 aliphatic heterocycles. The molecule has 5 nitrogen and oxygen atoms in total. The lowest BCUT2D eigenvalue weighted by molar-refractivity contribution is -0.137. The summed E-state index contributed by atoms with van der Waals surface area (Å²) in [5.74, 6) is 6.44. The van der Waals surface area contributed by atoms with E-state index < -0.39 is 5.97 Å². The zero-order valence-corrected chi connectivity index (χ0v) is 15.5. The first kappa shape index (κ1) is 18.9. The fourth-order valence-corrected chi connectivity index (χ4v) is 2.92. The second-order valence-corrected chi connectivity index (χ2v) is 6.50. The van der Waals surface area contributed by atoms with Crippen LogP contribution in [0, 0.1) is 11.8 Å². The van der Waals surface area contributed by atoms with Crippen molar-refractivity contribution in [3.05, 3.63) is 53.1 Å². The molecule has 0 aromatic heterocycles. The molecular formula is C21H19ClO5. The normalized spacial score (nSPS) is 16.0. The molecule has 140 valence electrons. The molecule has 2 atom stereocenters. The summed E-state index contributed by atoms with van der Waals surface area (Å²) in [7, 11) is 0. The number of hydrogen-bond donors (Lipinski definition) is 1. The van der Waals surface area contributed by atoms with E-state index in [1.165, 1.54) is 0 Å². The topological polar surface area (TPSA) is 65.0 Å². The number of aliphatic carboxylic acids is 1. The van der Waals surface area contributed by atoms with Gasteiger partial charge in [-0.1, -0.05) is 29.7 Å². The molecule has 6 heteroatoms. The lowest BCUT2D eigenvalue weighted by Crippen LogP contribution is -2.34. The number of fused-ring (bicyclic) bond motifs is 1. The van der Waals surface area contributed by atoms with Gasteiger partial charge in [0.2, 0.25) is 0 Å². The van der Waals surface area contributed by atoms with Gasteiger partial charge < -0.3 is 19.3 Å². The predicted octanol–water partition coefficient (Wildman–Crippen LogP) is 4.14. The molecule has 1 heterocycles. The molecule has 1 aliphatic rings. The molecule has 2 aromatic rings. The fraction of sp³-hybridized carbons (Fsp3) is 0.286. The van der Waals surface area contributed by atoms with Gasteiger partial charge in [0.15, 0.2) is 17.6 Å². The molecule has 3 rings (SSSR count). The molecule has 0 unspecified atom stereocenters.